The summed E-state index contributed by atoms with van der Waals surface area (Å²) in [5.41, 5.74) is 4.71. The van der Waals surface area contributed by atoms with Crippen LogP contribution in [0.25, 0.3) is 0 Å². The fourth-order valence-corrected chi connectivity index (χ4v) is 3.04. The third-order valence-corrected chi connectivity index (χ3v) is 3.94. The van der Waals surface area contributed by atoms with Crippen LogP contribution in [0.1, 0.15) is 23.6 Å². The summed E-state index contributed by atoms with van der Waals surface area (Å²) in [4.78, 5) is 11.9. The number of nitrogens with one attached hydrogen (secondary N) is 1. The van der Waals surface area contributed by atoms with Gasteiger partial charge in [0.25, 0.3) is 5.91 Å². The average molecular weight is 421 g/mol. The Morgan fingerprint density at radius 2 is 1.92 bits per heavy atom. The van der Waals surface area contributed by atoms with Crippen LogP contribution in [0.2, 0.25) is 0 Å². The van der Waals surface area contributed by atoms with Gasteiger partial charge in [-0.05, 0) is 56.2 Å². The van der Waals surface area contributed by atoms with Gasteiger partial charge in [0.15, 0.2) is 6.61 Å². The van der Waals surface area contributed by atoms with Crippen LogP contribution in [0.4, 0.5) is 0 Å². The number of nitrogens with zero attached hydrogens (tertiary/aromatic N) is 1. The van der Waals surface area contributed by atoms with Crippen LogP contribution in [0.5, 0.6) is 17.2 Å². The normalized spacial score (nSPS) is 10.8. The molecule has 0 aromatic heterocycles. The Morgan fingerprint density at radius 1 is 1.23 bits per heavy atom. The maximum Gasteiger partial charge on any atom is 0.277 e. The Morgan fingerprint density at radius 3 is 2.54 bits per heavy atom. The van der Waals surface area contributed by atoms with E-state index in [1.807, 2.05) is 32.9 Å². The lowest BCUT2D eigenvalue weighted by atomic mass is 10.1. The number of phenols is 1. The maximum atomic E-state index is 11.9. The van der Waals surface area contributed by atoms with Gasteiger partial charge in [-0.1, -0.05) is 15.9 Å². The minimum absolute atomic E-state index is 0.0197. The summed E-state index contributed by atoms with van der Waals surface area (Å²) >= 11 is 3.42. The Labute approximate surface area is 161 Å². The highest BCUT2D eigenvalue weighted by Gasteiger charge is 2.08. The molecule has 1 amide bonds. The smallest absolute Gasteiger partial charge is 0.277 e. The van der Waals surface area contributed by atoms with Crippen molar-refractivity contribution in [2.45, 2.75) is 20.8 Å². The van der Waals surface area contributed by atoms with Crippen molar-refractivity contribution in [1.29, 1.82) is 0 Å². The number of carbonyl (C=O) groups is 1. The van der Waals surface area contributed by atoms with Gasteiger partial charge < -0.3 is 14.6 Å². The molecule has 0 bridgehead atoms. The number of hydrogen-bond acceptors (Lipinski definition) is 5. The van der Waals surface area contributed by atoms with E-state index < -0.39 is 5.91 Å². The van der Waals surface area contributed by atoms with Crippen LogP contribution in [0.3, 0.4) is 0 Å². The van der Waals surface area contributed by atoms with Gasteiger partial charge in [0.1, 0.15) is 17.2 Å². The molecule has 0 unspecified atom stereocenters. The molecule has 0 atom stereocenters. The molecule has 0 heterocycles. The standard InChI is InChI=1S/C19H21BrN2O4/c1-4-25-16-6-5-14(17(23)9-16)10-21-22-18(24)11-26-19-12(2)7-15(20)8-13(19)3/h5-10,23H,4,11H2,1-3H3,(H,22,24). The van der Waals surface area contributed by atoms with Crippen molar-refractivity contribution < 1.29 is 19.4 Å². The SMILES string of the molecule is CCOc1ccc(C=NNC(=O)COc2c(C)cc(Br)cc2C)c(O)c1. The molecular formula is C19H21BrN2O4. The van der Waals surface area contributed by atoms with Gasteiger partial charge in [-0.15, -0.1) is 0 Å². The summed E-state index contributed by atoms with van der Waals surface area (Å²) in [6.07, 6.45) is 1.36. The van der Waals surface area contributed by atoms with Crippen molar-refractivity contribution in [3.05, 3.63) is 51.5 Å². The number of benzene rings is 2. The van der Waals surface area contributed by atoms with Crippen LogP contribution in [-0.4, -0.2) is 30.4 Å². The number of carbonyl (C=O) groups excluding carboxylic acids is 1. The molecule has 0 saturated carbocycles. The molecule has 0 aliphatic rings. The molecule has 0 aliphatic heterocycles. The number of aromatic hydroxyl groups is 1. The zero-order chi connectivity index (χ0) is 19.1. The number of halogens is 1. The van der Waals surface area contributed by atoms with E-state index in [-0.39, 0.29) is 12.4 Å². The number of hydrogen-bond donors (Lipinski definition) is 2. The van der Waals surface area contributed by atoms with E-state index in [0.29, 0.717) is 23.7 Å². The minimum Gasteiger partial charge on any atom is -0.507 e. The van der Waals surface area contributed by atoms with E-state index in [2.05, 4.69) is 26.5 Å². The predicted molar refractivity (Wildman–Crippen MR) is 104 cm³/mol. The van der Waals surface area contributed by atoms with Crippen molar-refractivity contribution in [3.63, 3.8) is 0 Å². The molecule has 0 radical (unpaired) electrons. The van der Waals surface area contributed by atoms with Crippen LogP contribution in [0, 0.1) is 13.8 Å². The second-order valence-electron chi connectivity index (χ2n) is 5.60. The quantitative estimate of drug-likeness (QED) is 0.528. The maximum absolute atomic E-state index is 11.9. The first-order valence-corrected chi connectivity index (χ1v) is 8.87. The van der Waals surface area contributed by atoms with E-state index in [4.69, 9.17) is 9.47 Å². The van der Waals surface area contributed by atoms with Crippen molar-refractivity contribution >= 4 is 28.1 Å². The fourth-order valence-electron chi connectivity index (χ4n) is 2.36. The first-order valence-electron chi connectivity index (χ1n) is 8.08. The number of rotatable bonds is 7. The third-order valence-electron chi connectivity index (χ3n) is 3.48. The van der Waals surface area contributed by atoms with Gasteiger partial charge in [0, 0.05) is 16.1 Å². The van der Waals surface area contributed by atoms with Crippen molar-refractivity contribution in [3.8, 4) is 17.2 Å². The van der Waals surface area contributed by atoms with Gasteiger partial charge in [0.05, 0.1) is 12.8 Å². The lowest BCUT2D eigenvalue weighted by Gasteiger charge is -2.11. The molecule has 26 heavy (non-hydrogen) atoms. The highest BCUT2D eigenvalue weighted by atomic mass is 79.9. The minimum atomic E-state index is -0.395. The predicted octanol–water partition coefficient (Wildman–Crippen LogP) is 3.70. The van der Waals surface area contributed by atoms with Crippen LogP contribution in [-0.2, 0) is 4.79 Å². The third kappa shape index (κ3) is 5.49. The molecule has 7 heteroatoms. The zero-order valence-corrected chi connectivity index (χ0v) is 16.5. The van der Waals surface area contributed by atoms with Gasteiger partial charge in [-0.2, -0.15) is 5.10 Å². The summed E-state index contributed by atoms with van der Waals surface area (Å²) < 4.78 is 11.8. The molecule has 0 spiro atoms. The summed E-state index contributed by atoms with van der Waals surface area (Å²) in [7, 11) is 0. The molecule has 0 aliphatic carbocycles. The fraction of sp³-hybridized carbons (Fsp3) is 0.263. The number of phenolic OH excluding ortho intramolecular Hbond substituents is 1. The zero-order valence-electron chi connectivity index (χ0n) is 14.9. The summed E-state index contributed by atoms with van der Waals surface area (Å²) in [5.74, 6) is 0.871. The van der Waals surface area contributed by atoms with Gasteiger partial charge in [-0.3, -0.25) is 4.79 Å². The first-order chi connectivity index (χ1) is 12.4. The number of aryl methyl sites for hydroxylation is 2. The average Bonchev–Trinajstić information content (AvgIpc) is 2.56. The molecule has 6 nitrogen and oxygen atoms in total. The molecule has 0 saturated heterocycles. The van der Waals surface area contributed by atoms with Gasteiger partial charge >= 0.3 is 0 Å². The van der Waals surface area contributed by atoms with E-state index in [1.54, 1.807) is 12.1 Å². The highest BCUT2D eigenvalue weighted by Crippen LogP contribution is 2.27. The van der Waals surface area contributed by atoms with E-state index in [9.17, 15) is 9.90 Å². The van der Waals surface area contributed by atoms with E-state index in [1.165, 1.54) is 12.3 Å². The second kappa shape index (κ2) is 9.24. The van der Waals surface area contributed by atoms with Crippen molar-refractivity contribution in [2.75, 3.05) is 13.2 Å². The lowest BCUT2D eigenvalue weighted by Crippen LogP contribution is -2.25. The largest absolute Gasteiger partial charge is 0.507 e. The molecular weight excluding hydrogens is 400 g/mol. The topological polar surface area (TPSA) is 80.2 Å². The van der Waals surface area contributed by atoms with Crippen LogP contribution in [0.15, 0.2) is 39.9 Å². The molecule has 2 N–H and O–H groups in total. The second-order valence-corrected chi connectivity index (χ2v) is 6.52. The van der Waals surface area contributed by atoms with Crippen LogP contribution >= 0.6 is 15.9 Å². The monoisotopic (exact) mass is 420 g/mol. The number of hydrazone groups is 1. The van der Waals surface area contributed by atoms with Crippen molar-refractivity contribution in [2.24, 2.45) is 5.10 Å². The molecule has 2 rings (SSSR count). The molecule has 0 fully saturated rings. The Kier molecular flexibility index (Phi) is 7.03. The Balaban J connectivity index is 1.90. The van der Waals surface area contributed by atoms with E-state index >= 15 is 0 Å². The Hall–Kier alpha value is -2.54. The van der Waals surface area contributed by atoms with Gasteiger partial charge in [-0.25, -0.2) is 5.43 Å². The molecule has 2 aromatic rings. The Bertz CT molecular complexity index is 798. The number of ether oxygens (including phenoxy) is 2. The first kappa shape index (κ1) is 19.8. The lowest BCUT2D eigenvalue weighted by molar-refractivity contribution is -0.123. The summed E-state index contributed by atoms with van der Waals surface area (Å²) in [6, 6.07) is 8.71. The number of amides is 1. The highest BCUT2D eigenvalue weighted by molar-refractivity contribution is 9.10. The summed E-state index contributed by atoms with van der Waals surface area (Å²) in [6.45, 7) is 6.05. The van der Waals surface area contributed by atoms with Gasteiger partial charge in [0.2, 0.25) is 0 Å². The molecule has 2 aromatic carbocycles. The van der Waals surface area contributed by atoms with Crippen molar-refractivity contribution in [1.82, 2.24) is 5.43 Å². The molecule has 138 valence electrons. The van der Waals surface area contributed by atoms with Crippen LogP contribution < -0.4 is 14.9 Å². The van der Waals surface area contributed by atoms with E-state index in [0.717, 1.165) is 15.6 Å². The summed E-state index contributed by atoms with van der Waals surface area (Å²) in [5, 5.41) is 13.7.